The summed E-state index contributed by atoms with van der Waals surface area (Å²) in [6.07, 6.45) is 1.32. The van der Waals surface area contributed by atoms with Crippen LogP contribution in [-0.4, -0.2) is 33.1 Å². The van der Waals surface area contributed by atoms with Crippen molar-refractivity contribution in [2.24, 2.45) is 7.05 Å². The van der Waals surface area contributed by atoms with E-state index in [9.17, 15) is 18.4 Å². The number of carbonyl (C=O) groups is 2. The molecule has 0 radical (unpaired) electrons. The molecule has 0 bridgehead atoms. The molecular formula is C21H18F2N4O3. The Kier molecular flexibility index (Phi) is 5.03. The summed E-state index contributed by atoms with van der Waals surface area (Å²) in [6, 6.07) is 7.10. The Bertz CT molecular complexity index is 1130. The van der Waals surface area contributed by atoms with Gasteiger partial charge < -0.3 is 10.1 Å². The molecule has 1 aromatic heterocycles. The second kappa shape index (κ2) is 7.66. The summed E-state index contributed by atoms with van der Waals surface area (Å²) in [6.45, 7) is 1.70. The maximum atomic E-state index is 14.3. The minimum Gasteiger partial charge on any atom is -0.462 e. The Balaban J connectivity index is 1.91. The van der Waals surface area contributed by atoms with E-state index >= 15 is 0 Å². The number of ether oxygens (including phenoxy) is 1. The number of rotatable bonds is 4. The van der Waals surface area contributed by atoms with Crippen LogP contribution in [0.5, 0.6) is 0 Å². The predicted molar refractivity (Wildman–Crippen MR) is 103 cm³/mol. The van der Waals surface area contributed by atoms with E-state index in [1.807, 2.05) is 0 Å². The molecule has 1 N–H and O–H groups in total. The second-order valence-corrected chi connectivity index (χ2v) is 6.85. The van der Waals surface area contributed by atoms with E-state index in [1.165, 1.54) is 23.1 Å². The lowest BCUT2D eigenvalue weighted by Gasteiger charge is -2.34. The molecule has 2 heterocycles. The molecule has 1 aliphatic heterocycles. The molecule has 4 rings (SSSR count). The van der Waals surface area contributed by atoms with E-state index in [4.69, 9.17) is 4.74 Å². The first-order valence-electron chi connectivity index (χ1n) is 9.31. The van der Waals surface area contributed by atoms with E-state index in [0.29, 0.717) is 11.4 Å². The topological polar surface area (TPSA) is 86.1 Å². The molecule has 1 aliphatic rings. The van der Waals surface area contributed by atoms with Crippen molar-refractivity contribution in [1.82, 2.24) is 14.8 Å². The van der Waals surface area contributed by atoms with Crippen LogP contribution >= 0.6 is 0 Å². The summed E-state index contributed by atoms with van der Waals surface area (Å²) in [7, 11) is 1.64. The number of nitrogens with one attached hydrogen (secondary N) is 1. The molecular weight excluding hydrogens is 394 g/mol. The number of carbonyl (C=O) groups excluding carboxylic acids is 2. The molecule has 0 fully saturated rings. The van der Waals surface area contributed by atoms with Crippen molar-refractivity contribution in [1.29, 1.82) is 0 Å². The first-order chi connectivity index (χ1) is 14.4. The summed E-state index contributed by atoms with van der Waals surface area (Å²) in [5.41, 5.74) is 0.636. The molecule has 2 unspecified atom stereocenters. The van der Waals surface area contributed by atoms with Gasteiger partial charge in [-0.05, 0) is 36.8 Å². The van der Waals surface area contributed by atoms with Crippen LogP contribution < -0.4 is 5.32 Å². The monoisotopic (exact) mass is 412 g/mol. The molecule has 154 valence electrons. The summed E-state index contributed by atoms with van der Waals surface area (Å²) in [4.78, 5) is 30.3. The van der Waals surface area contributed by atoms with Gasteiger partial charge in [0.2, 0.25) is 0 Å². The highest BCUT2D eigenvalue weighted by atomic mass is 19.1. The number of fused-ring (bicyclic) bond motifs is 1. The molecule has 2 atom stereocenters. The SMILES string of the molecule is CCOC(=O)c1cc(F)cc2c1C(=O)C(c1ncnn1C)C(c1ccc(F)cc1)N2. The molecule has 2 aromatic carbocycles. The van der Waals surface area contributed by atoms with Gasteiger partial charge in [0.15, 0.2) is 5.78 Å². The zero-order valence-electron chi connectivity index (χ0n) is 16.2. The third-order valence-corrected chi connectivity index (χ3v) is 5.03. The minimum absolute atomic E-state index is 0.0289. The highest BCUT2D eigenvalue weighted by molar-refractivity contribution is 6.14. The van der Waals surface area contributed by atoms with Gasteiger partial charge in [-0.25, -0.2) is 18.6 Å². The van der Waals surface area contributed by atoms with Crippen molar-refractivity contribution in [3.8, 4) is 0 Å². The third-order valence-electron chi connectivity index (χ3n) is 5.03. The van der Waals surface area contributed by atoms with E-state index in [2.05, 4.69) is 15.4 Å². The number of aromatic nitrogens is 3. The fourth-order valence-electron chi connectivity index (χ4n) is 3.71. The zero-order chi connectivity index (χ0) is 21.4. The van der Waals surface area contributed by atoms with E-state index in [-0.39, 0.29) is 23.4 Å². The first kappa shape index (κ1) is 19.7. The standard InChI is InChI=1S/C21H18F2N4O3/c1-3-30-21(29)14-8-13(23)9-15-16(14)19(28)17(20-24-10-25-27(20)2)18(26-15)11-4-6-12(22)7-5-11/h4-10,17-18,26H,3H2,1-2H3. The lowest BCUT2D eigenvalue weighted by atomic mass is 9.80. The molecule has 0 saturated carbocycles. The molecule has 0 amide bonds. The normalized spacial score (nSPS) is 17.9. The number of anilines is 1. The van der Waals surface area contributed by atoms with Crippen molar-refractivity contribution in [2.75, 3.05) is 11.9 Å². The van der Waals surface area contributed by atoms with Crippen molar-refractivity contribution < 1.29 is 23.1 Å². The Morgan fingerprint density at radius 1 is 1.20 bits per heavy atom. The highest BCUT2D eigenvalue weighted by Crippen LogP contribution is 2.43. The van der Waals surface area contributed by atoms with Crippen LogP contribution in [0.25, 0.3) is 0 Å². The van der Waals surface area contributed by atoms with Gasteiger partial charge in [0, 0.05) is 12.7 Å². The second-order valence-electron chi connectivity index (χ2n) is 6.85. The van der Waals surface area contributed by atoms with Crippen LogP contribution in [0.2, 0.25) is 0 Å². The third kappa shape index (κ3) is 3.32. The van der Waals surface area contributed by atoms with Crippen molar-refractivity contribution >= 4 is 17.4 Å². The fourth-order valence-corrected chi connectivity index (χ4v) is 3.71. The number of hydrogen-bond acceptors (Lipinski definition) is 6. The van der Waals surface area contributed by atoms with Gasteiger partial charge in [-0.3, -0.25) is 9.48 Å². The van der Waals surface area contributed by atoms with E-state index in [0.717, 1.165) is 12.1 Å². The molecule has 0 aliphatic carbocycles. The maximum Gasteiger partial charge on any atom is 0.339 e. The quantitative estimate of drug-likeness (QED) is 0.661. The van der Waals surface area contributed by atoms with Crippen LogP contribution in [-0.2, 0) is 11.8 Å². The molecule has 0 saturated heterocycles. The number of hydrogen-bond donors (Lipinski definition) is 1. The Morgan fingerprint density at radius 3 is 2.57 bits per heavy atom. The van der Waals surface area contributed by atoms with Gasteiger partial charge in [0.25, 0.3) is 0 Å². The number of benzene rings is 2. The van der Waals surface area contributed by atoms with Crippen LogP contribution in [0.3, 0.4) is 0 Å². The number of Topliss-reactive ketones (excluding diaryl/α,β-unsaturated/α-hetero) is 1. The predicted octanol–water partition coefficient (Wildman–Crippen LogP) is 3.40. The van der Waals surface area contributed by atoms with E-state index in [1.54, 1.807) is 26.1 Å². The van der Waals surface area contributed by atoms with Crippen LogP contribution in [0, 0.1) is 11.6 Å². The Morgan fingerprint density at radius 2 is 1.93 bits per heavy atom. The van der Waals surface area contributed by atoms with Crippen LogP contribution in [0.1, 0.15) is 51.0 Å². The average molecular weight is 412 g/mol. The number of aryl methyl sites for hydroxylation is 1. The fraction of sp³-hybridized carbons (Fsp3) is 0.238. The largest absolute Gasteiger partial charge is 0.462 e. The smallest absolute Gasteiger partial charge is 0.339 e. The van der Waals surface area contributed by atoms with Gasteiger partial charge >= 0.3 is 5.97 Å². The first-order valence-corrected chi connectivity index (χ1v) is 9.31. The van der Waals surface area contributed by atoms with Crippen LogP contribution in [0.15, 0.2) is 42.7 Å². The van der Waals surface area contributed by atoms with Gasteiger partial charge in [-0.2, -0.15) is 5.10 Å². The van der Waals surface area contributed by atoms with Gasteiger partial charge in [-0.1, -0.05) is 12.1 Å². The Labute approximate surface area is 170 Å². The van der Waals surface area contributed by atoms with Gasteiger partial charge in [0.1, 0.15) is 29.7 Å². The molecule has 3 aromatic rings. The van der Waals surface area contributed by atoms with Crippen LogP contribution in [0.4, 0.5) is 14.5 Å². The number of halogens is 2. The van der Waals surface area contributed by atoms with E-state index < -0.39 is 35.3 Å². The Hall–Kier alpha value is -3.62. The van der Waals surface area contributed by atoms with Crippen molar-refractivity contribution in [2.45, 2.75) is 18.9 Å². The summed E-state index contributed by atoms with van der Waals surface area (Å²) in [5.74, 6) is -2.86. The molecule has 9 heteroatoms. The lowest BCUT2D eigenvalue weighted by Crippen LogP contribution is -2.35. The highest BCUT2D eigenvalue weighted by Gasteiger charge is 2.42. The maximum absolute atomic E-state index is 14.3. The zero-order valence-corrected chi connectivity index (χ0v) is 16.2. The number of ketones is 1. The molecule has 30 heavy (non-hydrogen) atoms. The minimum atomic E-state index is -0.880. The van der Waals surface area contributed by atoms with Gasteiger partial charge in [-0.15, -0.1) is 0 Å². The van der Waals surface area contributed by atoms with Gasteiger partial charge in [0.05, 0.1) is 23.8 Å². The summed E-state index contributed by atoms with van der Waals surface area (Å²) >= 11 is 0. The summed E-state index contributed by atoms with van der Waals surface area (Å²) < 4.78 is 34.2. The number of esters is 1. The molecule has 0 spiro atoms. The van der Waals surface area contributed by atoms with Crippen molar-refractivity contribution in [3.05, 3.63) is 76.9 Å². The molecule has 7 nitrogen and oxygen atoms in total. The average Bonchev–Trinajstić information content (AvgIpc) is 3.13. The number of nitrogens with zero attached hydrogens (tertiary/aromatic N) is 3. The lowest BCUT2D eigenvalue weighted by molar-refractivity contribution is 0.0521. The summed E-state index contributed by atoms with van der Waals surface area (Å²) in [5, 5.41) is 7.17. The van der Waals surface area contributed by atoms with Crippen molar-refractivity contribution in [3.63, 3.8) is 0 Å².